The Kier molecular flexibility index (Phi) is 4.45. The minimum Gasteiger partial charge on any atom is -0.504 e. The van der Waals surface area contributed by atoms with Gasteiger partial charge in [-0.25, -0.2) is 0 Å². The van der Waals surface area contributed by atoms with Crippen LogP contribution in [0, 0.1) is 6.92 Å². The van der Waals surface area contributed by atoms with Gasteiger partial charge in [0.05, 0.1) is 17.1 Å². The molecule has 5 atom stereocenters. The van der Waals surface area contributed by atoms with Crippen molar-refractivity contribution in [1.82, 2.24) is 10.2 Å². The van der Waals surface area contributed by atoms with Crippen molar-refractivity contribution < 1.29 is 19.7 Å². The van der Waals surface area contributed by atoms with Crippen LogP contribution in [-0.2, 0) is 11.8 Å². The van der Waals surface area contributed by atoms with Gasteiger partial charge in [-0.15, -0.1) is 6.58 Å². The molecule has 6 rings (SSSR count). The minimum absolute atomic E-state index is 0.0493. The molecule has 2 aromatic rings. The molecule has 6 nitrogen and oxygen atoms in total. The number of ether oxygens (including phenoxy) is 1. The summed E-state index contributed by atoms with van der Waals surface area (Å²) in [7, 11) is 0. The van der Waals surface area contributed by atoms with Crippen molar-refractivity contribution in [3.05, 3.63) is 71.3 Å². The first-order chi connectivity index (χ1) is 15.9. The molecule has 1 saturated heterocycles. The molecule has 33 heavy (non-hydrogen) atoms. The second kappa shape index (κ2) is 7.08. The summed E-state index contributed by atoms with van der Waals surface area (Å²) in [5.41, 5.74) is 2.09. The molecule has 1 spiro atoms. The highest BCUT2D eigenvalue weighted by molar-refractivity contribution is 5.94. The zero-order chi connectivity index (χ0) is 23.0. The maximum absolute atomic E-state index is 13.1. The lowest BCUT2D eigenvalue weighted by atomic mass is 9.48. The first-order valence-electron chi connectivity index (χ1n) is 11.9. The third-order valence-corrected chi connectivity index (χ3v) is 8.53. The van der Waals surface area contributed by atoms with Gasteiger partial charge in [-0.2, -0.15) is 0 Å². The highest BCUT2D eigenvalue weighted by Gasteiger charge is 2.72. The number of carbonyl (C=O) groups is 1. The fraction of sp³-hybridized carbons (Fsp3) is 0.444. The van der Waals surface area contributed by atoms with Crippen LogP contribution < -0.4 is 10.1 Å². The Morgan fingerprint density at radius 3 is 2.97 bits per heavy atom. The fourth-order valence-electron chi connectivity index (χ4n) is 7.20. The number of aromatic hydroxyl groups is 1. The van der Waals surface area contributed by atoms with Crippen LogP contribution in [0.15, 0.2) is 49.1 Å². The normalized spacial score (nSPS) is 33.7. The second-order valence-corrected chi connectivity index (χ2v) is 10.1. The topological polar surface area (TPSA) is 82.0 Å². The molecular formula is C27H30N2O4. The van der Waals surface area contributed by atoms with E-state index in [-0.39, 0.29) is 23.7 Å². The number of hydrogen-bond acceptors (Lipinski definition) is 5. The van der Waals surface area contributed by atoms with E-state index in [9.17, 15) is 15.0 Å². The molecule has 2 aliphatic carbocycles. The van der Waals surface area contributed by atoms with E-state index in [0.29, 0.717) is 37.0 Å². The largest absolute Gasteiger partial charge is 0.504 e. The monoisotopic (exact) mass is 446 g/mol. The molecule has 2 fully saturated rings. The second-order valence-electron chi connectivity index (χ2n) is 10.1. The average molecular weight is 447 g/mol. The summed E-state index contributed by atoms with van der Waals surface area (Å²) in [5.74, 6) is 0.463. The first-order valence-corrected chi connectivity index (χ1v) is 11.9. The van der Waals surface area contributed by atoms with Crippen LogP contribution in [0.3, 0.4) is 0 Å². The number of piperidine rings is 1. The first kappa shape index (κ1) is 20.8. The van der Waals surface area contributed by atoms with E-state index in [1.54, 1.807) is 6.07 Å². The van der Waals surface area contributed by atoms with Gasteiger partial charge in [0.25, 0.3) is 5.91 Å². The van der Waals surface area contributed by atoms with Crippen molar-refractivity contribution in [1.29, 1.82) is 0 Å². The van der Waals surface area contributed by atoms with Crippen LogP contribution in [0.25, 0.3) is 0 Å². The van der Waals surface area contributed by atoms with E-state index in [0.717, 1.165) is 29.8 Å². The molecule has 2 aliphatic heterocycles. The molecule has 0 unspecified atom stereocenters. The number of benzene rings is 2. The molecule has 172 valence electrons. The third kappa shape index (κ3) is 2.65. The lowest BCUT2D eigenvalue weighted by Gasteiger charge is -2.64. The van der Waals surface area contributed by atoms with Gasteiger partial charge in [-0.1, -0.05) is 29.8 Å². The standard InChI is InChI=1S/C27H30N2O4/c1-3-12-29-13-11-26-22-17-7-8-20(30)23(22)33-24(26)19(9-10-27(26,32)21(29)15-17)28-25(31)18-6-4-5-16(2)14-18/h3-8,14,19,21,24,30,32H,1,9-13,15H2,2H3,(H,28,31)/t19-,21-,24+,26+,27-/m1/s1. The molecule has 2 heterocycles. The zero-order valence-corrected chi connectivity index (χ0v) is 18.9. The smallest absolute Gasteiger partial charge is 0.251 e. The van der Waals surface area contributed by atoms with Crippen LogP contribution in [0.4, 0.5) is 0 Å². The van der Waals surface area contributed by atoms with E-state index in [2.05, 4.69) is 16.8 Å². The molecule has 1 saturated carbocycles. The summed E-state index contributed by atoms with van der Waals surface area (Å²) in [6.45, 7) is 7.42. The Morgan fingerprint density at radius 1 is 1.33 bits per heavy atom. The number of phenolic OH excluding ortho intramolecular Hbond substituents is 1. The van der Waals surface area contributed by atoms with Gasteiger partial charge in [0.1, 0.15) is 6.10 Å². The van der Waals surface area contributed by atoms with Gasteiger partial charge in [0, 0.05) is 23.7 Å². The molecule has 3 N–H and O–H groups in total. The van der Waals surface area contributed by atoms with Crippen molar-refractivity contribution in [2.45, 2.75) is 61.8 Å². The number of hydrogen-bond donors (Lipinski definition) is 3. The summed E-state index contributed by atoms with van der Waals surface area (Å²) >= 11 is 0. The molecule has 1 amide bonds. The number of rotatable bonds is 4. The maximum atomic E-state index is 13.1. The van der Waals surface area contributed by atoms with E-state index in [1.165, 1.54) is 0 Å². The highest BCUT2D eigenvalue weighted by atomic mass is 16.5. The molecule has 6 heteroatoms. The Bertz CT molecular complexity index is 1160. The number of carbonyl (C=O) groups excluding carboxylic acids is 1. The average Bonchev–Trinajstić information content (AvgIpc) is 3.15. The van der Waals surface area contributed by atoms with Gasteiger partial charge < -0.3 is 20.3 Å². The number of phenols is 1. The van der Waals surface area contributed by atoms with Crippen molar-refractivity contribution in [2.24, 2.45) is 0 Å². The van der Waals surface area contributed by atoms with Crippen LogP contribution in [0.1, 0.15) is 46.3 Å². The van der Waals surface area contributed by atoms with Crippen LogP contribution in [0.5, 0.6) is 11.5 Å². The van der Waals surface area contributed by atoms with Crippen molar-refractivity contribution in [3.8, 4) is 11.5 Å². The molecule has 0 radical (unpaired) electrons. The summed E-state index contributed by atoms with van der Waals surface area (Å²) < 4.78 is 6.48. The lowest BCUT2D eigenvalue weighted by Crippen LogP contribution is -2.78. The predicted octanol–water partition coefficient (Wildman–Crippen LogP) is 2.84. The molecule has 2 bridgehead atoms. The molecular weight excluding hydrogens is 416 g/mol. The maximum Gasteiger partial charge on any atom is 0.251 e. The Morgan fingerprint density at radius 2 is 2.18 bits per heavy atom. The van der Waals surface area contributed by atoms with E-state index >= 15 is 0 Å². The SMILES string of the molecule is C=CCN1CC[C@]23c4c5ccc(O)c4O[C@H]2[C@H](NC(=O)c2cccc(C)c2)CC[C@@]3(O)[C@H]1C5. The third-order valence-electron chi connectivity index (χ3n) is 8.53. The van der Waals surface area contributed by atoms with Crippen molar-refractivity contribution >= 4 is 5.91 Å². The molecule has 4 aliphatic rings. The number of nitrogens with zero attached hydrogens (tertiary/aromatic N) is 1. The van der Waals surface area contributed by atoms with Crippen molar-refractivity contribution in [3.63, 3.8) is 0 Å². The molecule has 2 aromatic carbocycles. The lowest BCUT2D eigenvalue weighted by molar-refractivity contribution is -0.188. The van der Waals surface area contributed by atoms with Gasteiger partial charge in [0.15, 0.2) is 11.5 Å². The molecule has 0 aromatic heterocycles. The van der Waals surface area contributed by atoms with Gasteiger partial charge >= 0.3 is 0 Å². The van der Waals surface area contributed by atoms with E-state index in [1.807, 2.05) is 43.3 Å². The van der Waals surface area contributed by atoms with Crippen molar-refractivity contribution in [2.75, 3.05) is 13.1 Å². The fourth-order valence-corrected chi connectivity index (χ4v) is 7.20. The van der Waals surface area contributed by atoms with E-state index < -0.39 is 17.1 Å². The highest BCUT2D eigenvalue weighted by Crippen LogP contribution is 2.65. The van der Waals surface area contributed by atoms with Crippen LogP contribution in [-0.4, -0.2) is 57.9 Å². The Labute approximate surface area is 193 Å². The predicted molar refractivity (Wildman–Crippen MR) is 125 cm³/mol. The van der Waals surface area contributed by atoms with Gasteiger partial charge in [-0.3, -0.25) is 9.69 Å². The Hall–Kier alpha value is -2.83. The zero-order valence-electron chi connectivity index (χ0n) is 18.9. The van der Waals surface area contributed by atoms with E-state index in [4.69, 9.17) is 4.74 Å². The van der Waals surface area contributed by atoms with Crippen LogP contribution in [0.2, 0.25) is 0 Å². The quantitative estimate of drug-likeness (QED) is 0.630. The summed E-state index contributed by atoms with van der Waals surface area (Å²) in [6, 6.07) is 10.9. The number of amides is 1. The number of nitrogens with one attached hydrogen (secondary N) is 1. The summed E-state index contributed by atoms with van der Waals surface area (Å²) in [4.78, 5) is 15.5. The van der Waals surface area contributed by atoms with Gasteiger partial charge in [0.2, 0.25) is 0 Å². The number of aliphatic hydroxyl groups is 1. The summed E-state index contributed by atoms with van der Waals surface area (Å²) in [5, 5.41) is 26.3. The number of likely N-dealkylation sites (tertiary alicyclic amines) is 1. The summed E-state index contributed by atoms with van der Waals surface area (Å²) in [6.07, 6.45) is 4.07. The van der Waals surface area contributed by atoms with Gasteiger partial charge in [-0.05, 0) is 62.9 Å². The van der Waals surface area contributed by atoms with Crippen LogP contribution >= 0.6 is 0 Å². The Balaban J connectivity index is 1.43. The minimum atomic E-state index is -0.991. The number of aryl methyl sites for hydroxylation is 1.